The Balaban J connectivity index is 2.00. The Morgan fingerprint density at radius 2 is 1.96 bits per heavy atom. The largest absolute Gasteiger partial charge is 0.352 e. The topological polar surface area (TPSA) is 64.0 Å². The molecule has 0 fully saturated rings. The van der Waals surface area contributed by atoms with Crippen LogP contribution in [0.3, 0.4) is 0 Å². The summed E-state index contributed by atoms with van der Waals surface area (Å²) in [7, 11) is 0. The van der Waals surface area contributed by atoms with Crippen LogP contribution in [0.25, 0.3) is 11.0 Å². The number of carbonyl (C=O) groups is 1. The molecular formula is C18H25N3O2. The molecule has 1 unspecified atom stereocenters. The van der Waals surface area contributed by atoms with Crippen LogP contribution in [0.15, 0.2) is 35.3 Å². The third kappa shape index (κ3) is 4.91. The van der Waals surface area contributed by atoms with Crippen LogP contribution < -0.4 is 10.9 Å². The van der Waals surface area contributed by atoms with E-state index in [1.54, 1.807) is 0 Å². The highest BCUT2D eigenvalue weighted by molar-refractivity contribution is 5.80. The van der Waals surface area contributed by atoms with Gasteiger partial charge in [-0.05, 0) is 31.4 Å². The molecule has 0 aliphatic heterocycles. The first-order valence-electron chi connectivity index (χ1n) is 8.21. The van der Waals surface area contributed by atoms with Gasteiger partial charge in [0.2, 0.25) is 5.91 Å². The van der Waals surface area contributed by atoms with Gasteiger partial charge in [-0.3, -0.25) is 14.2 Å². The highest BCUT2D eigenvalue weighted by atomic mass is 16.2. The Labute approximate surface area is 136 Å². The zero-order valence-corrected chi connectivity index (χ0v) is 14.1. The molecule has 1 aromatic carbocycles. The van der Waals surface area contributed by atoms with E-state index in [1.165, 1.54) is 10.8 Å². The fraction of sp³-hybridized carbons (Fsp3) is 0.500. The Morgan fingerprint density at radius 1 is 1.22 bits per heavy atom. The number of para-hydroxylation sites is 2. The molecule has 5 heteroatoms. The lowest BCUT2D eigenvalue weighted by Gasteiger charge is -2.15. The molecule has 1 heterocycles. The molecule has 5 nitrogen and oxygen atoms in total. The van der Waals surface area contributed by atoms with Crippen LogP contribution in [0.1, 0.15) is 40.0 Å². The minimum Gasteiger partial charge on any atom is -0.352 e. The van der Waals surface area contributed by atoms with Gasteiger partial charge in [0.05, 0.1) is 17.2 Å². The molecule has 0 aliphatic rings. The van der Waals surface area contributed by atoms with Crippen LogP contribution in [0.4, 0.5) is 0 Å². The predicted octanol–water partition coefficient (Wildman–Crippen LogP) is 2.73. The maximum atomic E-state index is 12.2. The molecule has 1 amide bonds. The number of aromatic nitrogens is 2. The molecule has 0 spiro atoms. The standard InChI is InChI=1S/C18H25N3O2/c1-13(2)7-6-8-14(3)20-17(22)12-21-16-10-5-4-9-15(16)19-11-18(21)23/h4-5,9-11,13-14H,6-8,12H2,1-3H3,(H,20,22). The summed E-state index contributed by atoms with van der Waals surface area (Å²) in [6.45, 7) is 6.43. The molecule has 2 rings (SSSR count). The zero-order valence-electron chi connectivity index (χ0n) is 14.1. The van der Waals surface area contributed by atoms with Gasteiger partial charge in [-0.25, -0.2) is 4.98 Å². The van der Waals surface area contributed by atoms with Crippen LogP contribution in [0.5, 0.6) is 0 Å². The number of carbonyl (C=O) groups excluding carboxylic acids is 1. The molecular weight excluding hydrogens is 290 g/mol. The Bertz CT molecular complexity index is 722. The maximum Gasteiger partial charge on any atom is 0.269 e. The number of hydrogen-bond donors (Lipinski definition) is 1. The number of hydrogen-bond acceptors (Lipinski definition) is 3. The first kappa shape index (κ1) is 17.2. The van der Waals surface area contributed by atoms with Crippen LogP contribution in [-0.4, -0.2) is 21.5 Å². The summed E-state index contributed by atoms with van der Waals surface area (Å²) in [5, 5.41) is 2.97. The molecule has 0 radical (unpaired) electrons. The third-order valence-corrected chi connectivity index (χ3v) is 3.88. The van der Waals surface area contributed by atoms with Crippen molar-refractivity contribution >= 4 is 16.9 Å². The highest BCUT2D eigenvalue weighted by Gasteiger charge is 2.11. The second-order valence-electron chi connectivity index (χ2n) is 6.46. The lowest BCUT2D eigenvalue weighted by Crippen LogP contribution is -2.37. The van der Waals surface area contributed by atoms with Gasteiger partial charge in [-0.2, -0.15) is 0 Å². The predicted molar refractivity (Wildman–Crippen MR) is 92.3 cm³/mol. The number of nitrogens with zero attached hydrogens (tertiary/aromatic N) is 2. The first-order chi connectivity index (χ1) is 11.0. The van der Waals surface area contributed by atoms with E-state index in [0.717, 1.165) is 19.3 Å². The van der Waals surface area contributed by atoms with Crippen molar-refractivity contribution in [3.63, 3.8) is 0 Å². The molecule has 2 aromatic rings. The summed E-state index contributed by atoms with van der Waals surface area (Å²) < 4.78 is 1.47. The van der Waals surface area contributed by atoms with Crippen LogP contribution in [-0.2, 0) is 11.3 Å². The average Bonchev–Trinajstić information content (AvgIpc) is 2.49. The fourth-order valence-corrected chi connectivity index (χ4v) is 2.65. The van der Waals surface area contributed by atoms with Crippen molar-refractivity contribution in [3.05, 3.63) is 40.8 Å². The summed E-state index contributed by atoms with van der Waals surface area (Å²) in [5.74, 6) is 0.542. The van der Waals surface area contributed by atoms with Gasteiger partial charge in [-0.1, -0.05) is 38.8 Å². The summed E-state index contributed by atoms with van der Waals surface area (Å²) in [6, 6.07) is 7.46. The zero-order chi connectivity index (χ0) is 16.8. The van der Waals surface area contributed by atoms with E-state index in [2.05, 4.69) is 24.1 Å². The van der Waals surface area contributed by atoms with Gasteiger partial charge in [0, 0.05) is 6.04 Å². The molecule has 0 aliphatic carbocycles. The van der Waals surface area contributed by atoms with Gasteiger partial charge < -0.3 is 5.32 Å². The second kappa shape index (κ2) is 7.90. The van der Waals surface area contributed by atoms with E-state index < -0.39 is 0 Å². The van der Waals surface area contributed by atoms with Crippen molar-refractivity contribution in [2.24, 2.45) is 5.92 Å². The molecule has 23 heavy (non-hydrogen) atoms. The molecule has 1 atom stereocenters. The molecule has 0 bridgehead atoms. The molecule has 0 saturated carbocycles. The van der Waals surface area contributed by atoms with Crippen molar-refractivity contribution < 1.29 is 4.79 Å². The molecule has 0 saturated heterocycles. The SMILES string of the molecule is CC(C)CCCC(C)NC(=O)Cn1c(=O)cnc2ccccc21. The Hall–Kier alpha value is -2.17. The summed E-state index contributed by atoms with van der Waals surface area (Å²) in [4.78, 5) is 28.3. The Kier molecular flexibility index (Phi) is 5.90. The van der Waals surface area contributed by atoms with E-state index in [0.29, 0.717) is 17.0 Å². The first-order valence-corrected chi connectivity index (χ1v) is 8.21. The minimum atomic E-state index is -0.258. The number of benzene rings is 1. The maximum absolute atomic E-state index is 12.2. The monoisotopic (exact) mass is 315 g/mol. The van der Waals surface area contributed by atoms with E-state index in [4.69, 9.17) is 0 Å². The summed E-state index contributed by atoms with van der Waals surface area (Å²) >= 11 is 0. The highest BCUT2D eigenvalue weighted by Crippen LogP contribution is 2.09. The van der Waals surface area contributed by atoms with E-state index in [1.807, 2.05) is 31.2 Å². The third-order valence-electron chi connectivity index (χ3n) is 3.88. The quantitative estimate of drug-likeness (QED) is 0.854. The van der Waals surface area contributed by atoms with Gasteiger partial charge in [0.1, 0.15) is 6.54 Å². The van der Waals surface area contributed by atoms with Crippen molar-refractivity contribution in [2.45, 2.75) is 52.6 Å². The van der Waals surface area contributed by atoms with Crippen molar-refractivity contribution in [3.8, 4) is 0 Å². The van der Waals surface area contributed by atoms with Crippen molar-refractivity contribution in [1.82, 2.24) is 14.9 Å². The number of nitrogens with one attached hydrogen (secondary N) is 1. The molecule has 124 valence electrons. The lowest BCUT2D eigenvalue weighted by molar-refractivity contribution is -0.122. The van der Waals surface area contributed by atoms with Gasteiger partial charge >= 0.3 is 0 Å². The molecule has 1 N–H and O–H groups in total. The van der Waals surface area contributed by atoms with E-state index in [-0.39, 0.29) is 24.1 Å². The number of rotatable bonds is 7. The fourth-order valence-electron chi connectivity index (χ4n) is 2.65. The average molecular weight is 315 g/mol. The summed E-state index contributed by atoms with van der Waals surface area (Å²) in [6.07, 6.45) is 4.48. The Morgan fingerprint density at radius 3 is 2.70 bits per heavy atom. The van der Waals surface area contributed by atoms with Gasteiger partial charge in [-0.15, -0.1) is 0 Å². The van der Waals surface area contributed by atoms with E-state index in [9.17, 15) is 9.59 Å². The van der Waals surface area contributed by atoms with Gasteiger partial charge in [0.25, 0.3) is 5.56 Å². The van der Waals surface area contributed by atoms with Crippen LogP contribution in [0, 0.1) is 5.92 Å². The minimum absolute atomic E-state index is 0.0242. The van der Waals surface area contributed by atoms with Gasteiger partial charge in [0.15, 0.2) is 0 Å². The normalized spacial score (nSPS) is 12.5. The summed E-state index contributed by atoms with van der Waals surface area (Å²) in [5.41, 5.74) is 1.14. The lowest BCUT2D eigenvalue weighted by atomic mass is 10.0. The number of amides is 1. The van der Waals surface area contributed by atoms with E-state index >= 15 is 0 Å². The second-order valence-corrected chi connectivity index (χ2v) is 6.46. The molecule has 1 aromatic heterocycles. The van der Waals surface area contributed by atoms with Crippen molar-refractivity contribution in [2.75, 3.05) is 0 Å². The smallest absolute Gasteiger partial charge is 0.269 e. The van der Waals surface area contributed by atoms with Crippen LogP contribution >= 0.6 is 0 Å². The van der Waals surface area contributed by atoms with Crippen molar-refractivity contribution in [1.29, 1.82) is 0 Å². The van der Waals surface area contributed by atoms with Crippen LogP contribution in [0.2, 0.25) is 0 Å². The number of fused-ring (bicyclic) bond motifs is 1.